The lowest BCUT2D eigenvalue weighted by atomic mass is 9.98. The number of aryl methyl sites for hydroxylation is 1. The predicted octanol–water partition coefficient (Wildman–Crippen LogP) is 3.34. The number of rotatable bonds is 3. The number of esters is 1. The average Bonchev–Trinajstić information content (AvgIpc) is 3.09. The Labute approximate surface area is 149 Å². The molecule has 130 valence electrons. The summed E-state index contributed by atoms with van der Waals surface area (Å²) < 4.78 is 5.64. The van der Waals surface area contributed by atoms with E-state index in [1.165, 1.54) is 11.3 Å². The number of anilines is 1. The summed E-state index contributed by atoms with van der Waals surface area (Å²) in [4.78, 5) is 17.1. The molecule has 1 saturated heterocycles. The highest BCUT2D eigenvalue weighted by molar-refractivity contribution is 5.76. The van der Waals surface area contributed by atoms with Crippen LogP contribution in [0.25, 0.3) is 0 Å². The van der Waals surface area contributed by atoms with E-state index in [0.717, 1.165) is 24.1 Å². The molecule has 2 atom stereocenters. The molecule has 4 rings (SSSR count). The molecule has 0 bridgehead atoms. The number of hydrogen-bond donors (Lipinski definition) is 0. The van der Waals surface area contributed by atoms with Crippen molar-refractivity contribution in [3.8, 4) is 5.75 Å². The van der Waals surface area contributed by atoms with Crippen molar-refractivity contribution in [2.45, 2.75) is 31.8 Å². The van der Waals surface area contributed by atoms with Gasteiger partial charge < -0.3 is 9.64 Å². The van der Waals surface area contributed by atoms with E-state index in [1.807, 2.05) is 37.3 Å². The van der Waals surface area contributed by atoms with Crippen molar-refractivity contribution in [2.75, 3.05) is 25.5 Å². The molecule has 0 saturated carbocycles. The molecule has 0 N–H and O–H groups in total. The molecule has 0 amide bonds. The highest BCUT2D eigenvalue weighted by atomic mass is 16.5. The predicted molar refractivity (Wildman–Crippen MR) is 99.1 cm³/mol. The van der Waals surface area contributed by atoms with Gasteiger partial charge in [-0.2, -0.15) is 0 Å². The summed E-state index contributed by atoms with van der Waals surface area (Å²) in [7, 11) is 4.32. The molecule has 2 aliphatic rings. The Bertz CT molecular complexity index is 817. The van der Waals surface area contributed by atoms with Crippen molar-refractivity contribution in [3.63, 3.8) is 0 Å². The zero-order chi connectivity index (χ0) is 17.6. The Kier molecular flexibility index (Phi) is 4.00. The number of nitrogens with zero attached hydrogens (tertiary/aromatic N) is 2. The first kappa shape index (κ1) is 16.2. The average molecular weight is 336 g/mol. The van der Waals surface area contributed by atoms with Gasteiger partial charge in [-0.15, -0.1) is 0 Å². The third-order valence-corrected chi connectivity index (χ3v) is 5.61. The molecule has 0 radical (unpaired) electrons. The maximum atomic E-state index is 12.3. The van der Waals surface area contributed by atoms with Gasteiger partial charge in [0.25, 0.3) is 0 Å². The first-order valence-electron chi connectivity index (χ1n) is 8.87. The van der Waals surface area contributed by atoms with Gasteiger partial charge in [-0.1, -0.05) is 24.3 Å². The Morgan fingerprint density at radius 3 is 2.80 bits per heavy atom. The second-order valence-electron chi connectivity index (χ2n) is 7.20. The molecule has 0 aliphatic carbocycles. The number of benzene rings is 2. The Morgan fingerprint density at radius 1 is 1.20 bits per heavy atom. The standard InChI is InChI=1S/C21H24N2O2/c1-14-6-4-5-7-15(14)12-20(24)25-16-8-9-19-18(13-16)17-10-11-22(2)21(17)23(19)3/h4-9,13,17,21H,10-12H2,1-3H3. The number of ether oxygens (including phenoxy) is 1. The van der Waals surface area contributed by atoms with Gasteiger partial charge in [-0.05, 0) is 55.3 Å². The minimum atomic E-state index is -0.208. The van der Waals surface area contributed by atoms with Crippen LogP contribution in [0.1, 0.15) is 29.0 Å². The summed E-state index contributed by atoms with van der Waals surface area (Å²) >= 11 is 0. The largest absolute Gasteiger partial charge is 0.426 e. The summed E-state index contributed by atoms with van der Waals surface area (Å²) in [6.45, 7) is 3.13. The van der Waals surface area contributed by atoms with Crippen LogP contribution in [0.3, 0.4) is 0 Å². The lowest BCUT2D eigenvalue weighted by molar-refractivity contribution is -0.133. The topological polar surface area (TPSA) is 32.8 Å². The van der Waals surface area contributed by atoms with Crippen LogP contribution in [0.5, 0.6) is 5.75 Å². The molecule has 4 nitrogen and oxygen atoms in total. The SMILES string of the molecule is Cc1ccccc1CC(=O)Oc1ccc2c(c1)C1CCN(C)C1N2C. The number of carbonyl (C=O) groups excluding carboxylic acids is 1. The summed E-state index contributed by atoms with van der Waals surface area (Å²) in [6, 6.07) is 14.0. The third kappa shape index (κ3) is 2.81. The van der Waals surface area contributed by atoms with Crippen molar-refractivity contribution in [3.05, 3.63) is 59.2 Å². The van der Waals surface area contributed by atoms with Crippen LogP contribution in [0, 0.1) is 6.92 Å². The lowest BCUT2D eigenvalue weighted by Gasteiger charge is -2.28. The van der Waals surface area contributed by atoms with Crippen LogP contribution in [0.15, 0.2) is 42.5 Å². The molecule has 0 aromatic heterocycles. The lowest BCUT2D eigenvalue weighted by Crippen LogP contribution is -2.39. The van der Waals surface area contributed by atoms with Crippen LogP contribution in [0.2, 0.25) is 0 Å². The second kappa shape index (κ2) is 6.19. The van der Waals surface area contributed by atoms with Crippen LogP contribution in [-0.2, 0) is 11.2 Å². The van der Waals surface area contributed by atoms with Gasteiger partial charge in [-0.3, -0.25) is 9.69 Å². The van der Waals surface area contributed by atoms with Crippen molar-refractivity contribution >= 4 is 11.7 Å². The van der Waals surface area contributed by atoms with E-state index in [4.69, 9.17) is 4.74 Å². The quantitative estimate of drug-likeness (QED) is 0.636. The van der Waals surface area contributed by atoms with Crippen LogP contribution in [-0.4, -0.2) is 37.7 Å². The van der Waals surface area contributed by atoms with Gasteiger partial charge in [0.1, 0.15) is 5.75 Å². The van der Waals surface area contributed by atoms with E-state index < -0.39 is 0 Å². The van der Waals surface area contributed by atoms with E-state index in [9.17, 15) is 4.79 Å². The van der Waals surface area contributed by atoms with Gasteiger partial charge in [-0.25, -0.2) is 0 Å². The Morgan fingerprint density at radius 2 is 2.00 bits per heavy atom. The van der Waals surface area contributed by atoms with Crippen LogP contribution < -0.4 is 9.64 Å². The normalized spacial score (nSPS) is 22.0. The fraction of sp³-hybridized carbons (Fsp3) is 0.381. The highest BCUT2D eigenvalue weighted by Gasteiger charge is 2.43. The minimum Gasteiger partial charge on any atom is -0.426 e. The Hall–Kier alpha value is -2.33. The zero-order valence-corrected chi connectivity index (χ0v) is 15.0. The Balaban J connectivity index is 1.52. The van der Waals surface area contributed by atoms with Gasteiger partial charge in [0, 0.05) is 25.2 Å². The van der Waals surface area contributed by atoms with Crippen LogP contribution in [0.4, 0.5) is 5.69 Å². The number of likely N-dealkylation sites (N-methyl/N-ethyl adjacent to an activating group) is 2. The molecular formula is C21H24N2O2. The number of hydrogen-bond acceptors (Lipinski definition) is 4. The second-order valence-corrected chi connectivity index (χ2v) is 7.20. The minimum absolute atomic E-state index is 0.208. The molecule has 0 spiro atoms. The van der Waals surface area contributed by atoms with Gasteiger partial charge in [0.15, 0.2) is 0 Å². The smallest absolute Gasteiger partial charge is 0.315 e. The third-order valence-electron chi connectivity index (χ3n) is 5.61. The molecule has 2 aromatic carbocycles. The van der Waals surface area contributed by atoms with E-state index >= 15 is 0 Å². The van der Waals surface area contributed by atoms with Gasteiger partial charge in [0.2, 0.25) is 0 Å². The van der Waals surface area contributed by atoms with Crippen LogP contribution >= 0.6 is 0 Å². The molecule has 4 heteroatoms. The molecule has 2 heterocycles. The van der Waals surface area contributed by atoms with E-state index in [1.54, 1.807) is 0 Å². The van der Waals surface area contributed by atoms with E-state index in [-0.39, 0.29) is 5.97 Å². The highest BCUT2D eigenvalue weighted by Crippen LogP contribution is 2.47. The molecule has 1 fully saturated rings. The van der Waals surface area contributed by atoms with Crippen molar-refractivity contribution < 1.29 is 9.53 Å². The number of likely N-dealkylation sites (tertiary alicyclic amines) is 1. The molecule has 2 aromatic rings. The summed E-state index contributed by atoms with van der Waals surface area (Å²) in [6.07, 6.45) is 1.88. The number of fused-ring (bicyclic) bond motifs is 3. The monoisotopic (exact) mass is 336 g/mol. The molecule has 25 heavy (non-hydrogen) atoms. The van der Waals surface area contributed by atoms with Crippen molar-refractivity contribution in [1.29, 1.82) is 0 Å². The van der Waals surface area contributed by atoms with Gasteiger partial charge >= 0.3 is 5.97 Å². The maximum Gasteiger partial charge on any atom is 0.315 e. The van der Waals surface area contributed by atoms with Gasteiger partial charge in [0.05, 0.1) is 12.6 Å². The number of carbonyl (C=O) groups is 1. The molecule has 2 unspecified atom stereocenters. The van der Waals surface area contributed by atoms with Crippen molar-refractivity contribution in [1.82, 2.24) is 4.90 Å². The first-order valence-corrected chi connectivity index (χ1v) is 8.87. The van der Waals surface area contributed by atoms with Crippen molar-refractivity contribution in [2.24, 2.45) is 0 Å². The fourth-order valence-corrected chi connectivity index (χ4v) is 4.30. The van der Waals surface area contributed by atoms with E-state index in [2.05, 4.69) is 36.0 Å². The maximum absolute atomic E-state index is 12.3. The molecule has 2 aliphatic heterocycles. The summed E-state index contributed by atoms with van der Waals surface area (Å²) in [5.41, 5.74) is 4.69. The fourth-order valence-electron chi connectivity index (χ4n) is 4.30. The summed E-state index contributed by atoms with van der Waals surface area (Å²) in [5.74, 6) is 0.946. The molecular weight excluding hydrogens is 312 g/mol. The first-order chi connectivity index (χ1) is 12.0. The van der Waals surface area contributed by atoms with E-state index in [0.29, 0.717) is 24.3 Å². The summed E-state index contributed by atoms with van der Waals surface area (Å²) in [5, 5.41) is 0. The zero-order valence-electron chi connectivity index (χ0n) is 15.0.